The Bertz CT molecular complexity index is 1270. The van der Waals surface area contributed by atoms with E-state index in [0.717, 1.165) is 37.8 Å². The van der Waals surface area contributed by atoms with E-state index in [1.807, 2.05) is 28.0 Å². The molecule has 2 fully saturated rings. The first-order valence-electron chi connectivity index (χ1n) is 13.1. The average molecular weight is 526 g/mol. The summed E-state index contributed by atoms with van der Waals surface area (Å²) in [6.45, 7) is 2.89. The predicted molar refractivity (Wildman–Crippen MR) is 141 cm³/mol. The summed E-state index contributed by atoms with van der Waals surface area (Å²) in [6, 6.07) is 14.6. The number of aryl methyl sites for hydroxylation is 1. The second-order valence-corrected chi connectivity index (χ2v) is 12.4. The number of piperidine rings is 1. The highest BCUT2D eigenvalue weighted by Crippen LogP contribution is 2.42. The first-order chi connectivity index (χ1) is 17.8. The predicted octanol–water partition coefficient (Wildman–Crippen LogP) is 3.46. The maximum absolute atomic E-state index is 13.2. The van der Waals surface area contributed by atoms with E-state index < -0.39 is 10.0 Å². The van der Waals surface area contributed by atoms with Gasteiger partial charge in [-0.3, -0.25) is 9.59 Å². The SMILES string of the molecule is COc1cccc(S(=O)(=O)N2CCC3(CCN(C(=O)CCC(=O)N4CCCc5ccccc54)C3)CC2)c1. The molecule has 2 saturated heterocycles. The number of likely N-dealkylation sites (tertiary alicyclic amines) is 1. The lowest BCUT2D eigenvalue weighted by Crippen LogP contribution is -2.44. The van der Waals surface area contributed by atoms with Crippen molar-refractivity contribution in [3.63, 3.8) is 0 Å². The van der Waals surface area contributed by atoms with Crippen LogP contribution in [0.5, 0.6) is 5.75 Å². The molecule has 0 atom stereocenters. The third kappa shape index (κ3) is 5.25. The van der Waals surface area contributed by atoms with Crippen molar-refractivity contribution in [2.75, 3.05) is 44.7 Å². The van der Waals surface area contributed by atoms with Gasteiger partial charge in [0.05, 0.1) is 12.0 Å². The lowest BCUT2D eigenvalue weighted by molar-refractivity contribution is -0.132. The van der Waals surface area contributed by atoms with Gasteiger partial charge < -0.3 is 14.5 Å². The minimum Gasteiger partial charge on any atom is -0.497 e. The number of carbonyl (C=O) groups excluding carboxylic acids is 2. The summed E-state index contributed by atoms with van der Waals surface area (Å²) < 4.78 is 33.1. The van der Waals surface area contributed by atoms with Crippen LogP contribution >= 0.6 is 0 Å². The third-order valence-corrected chi connectivity index (χ3v) is 10.1. The molecule has 5 rings (SSSR count). The van der Waals surface area contributed by atoms with Crippen LogP contribution in [0.2, 0.25) is 0 Å². The van der Waals surface area contributed by atoms with Crippen molar-refractivity contribution in [2.24, 2.45) is 5.41 Å². The van der Waals surface area contributed by atoms with E-state index in [4.69, 9.17) is 4.74 Å². The summed E-state index contributed by atoms with van der Waals surface area (Å²) in [6.07, 6.45) is 4.67. The largest absolute Gasteiger partial charge is 0.497 e. The molecular weight excluding hydrogens is 490 g/mol. The molecule has 37 heavy (non-hydrogen) atoms. The molecule has 8 nitrogen and oxygen atoms in total. The van der Waals surface area contributed by atoms with Crippen molar-refractivity contribution in [1.82, 2.24) is 9.21 Å². The van der Waals surface area contributed by atoms with E-state index in [1.54, 1.807) is 28.6 Å². The van der Waals surface area contributed by atoms with Gasteiger partial charge in [0.25, 0.3) is 0 Å². The van der Waals surface area contributed by atoms with Gasteiger partial charge in [-0.25, -0.2) is 8.42 Å². The first-order valence-corrected chi connectivity index (χ1v) is 14.6. The molecule has 3 heterocycles. The van der Waals surface area contributed by atoms with Crippen LogP contribution in [-0.2, 0) is 26.0 Å². The molecular formula is C28H35N3O5S. The Morgan fingerprint density at radius 1 is 0.919 bits per heavy atom. The van der Waals surface area contributed by atoms with E-state index in [9.17, 15) is 18.0 Å². The third-order valence-electron chi connectivity index (χ3n) is 8.22. The molecule has 9 heteroatoms. The Labute approximate surface area is 219 Å². The zero-order chi connectivity index (χ0) is 26.0. The molecule has 198 valence electrons. The number of methoxy groups -OCH3 is 1. The minimum absolute atomic E-state index is 0.00506. The Morgan fingerprint density at radius 3 is 2.43 bits per heavy atom. The Balaban J connectivity index is 1.14. The fourth-order valence-corrected chi connectivity index (χ4v) is 7.44. The number of hydrogen-bond donors (Lipinski definition) is 0. The van der Waals surface area contributed by atoms with Crippen molar-refractivity contribution in [1.29, 1.82) is 0 Å². The van der Waals surface area contributed by atoms with Crippen LogP contribution in [0.4, 0.5) is 5.69 Å². The molecule has 3 aliphatic rings. The van der Waals surface area contributed by atoms with Crippen LogP contribution in [-0.4, -0.2) is 69.3 Å². The van der Waals surface area contributed by atoms with Gasteiger partial charge in [0, 0.05) is 57.3 Å². The number of anilines is 1. The fraction of sp³-hybridized carbons (Fsp3) is 0.500. The number of nitrogens with zero attached hydrogens (tertiary/aromatic N) is 3. The number of para-hydroxylation sites is 1. The second kappa shape index (κ2) is 10.5. The van der Waals surface area contributed by atoms with Crippen LogP contribution in [0.25, 0.3) is 0 Å². The van der Waals surface area contributed by atoms with Gasteiger partial charge in [-0.05, 0) is 61.3 Å². The van der Waals surface area contributed by atoms with Gasteiger partial charge in [-0.2, -0.15) is 4.31 Å². The van der Waals surface area contributed by atoms with Gasteiger partial charge in [0.2, 0.25) is 21.8 Å². The number of carbonyl (C=O) groups is 2. The van der Waals surface area contributed by atoms with Gasteiger partial charge in [-0.1, -0.05) is 24.3 Å². The maximum atomic E-state index is 13.2. The molecule has 0 bridgehead atoms. The molecule has 3 aliphatic heterocycles. The summed E-state index contributed by atoms with van der Waals surface area (Å²) in [5, 5.41) is 0. The van der Waals surface area contributed by atoms with Gasteiger partial charge in [-0.15, -0.1) is 0 Å². The fourth-order valence-electron chi connectivity index (χ4n) is 5.97. The van der Waals surface area contributed by atoms with Crippen LogP contribution in [0, 0.1) is 5.41 Å². The number of amides is 2. The number of sulfonamides is 1. The van der Waals surface area contributed by atoms with Crippen LogP contribution in [0.1, 0.15) is 44.1 Å². The van der Waals surface area contributed by atoms with E-state index in [-0.39, 0.29) is 35.0 Å². The highest BCUT2D eigenvalue weighted by molar-refractivity contribution is 7.89. The van der Waals surface area contributed by atoms with Gasteiger partial charge >= 0.3 is 0 Å². The summed E-state index contributed by atoms with van der Waals surface area (Å²) in [4.78, 5) is 29.9. The number of hydrogen-bond acceptors (Lipinski definition) is 5. The smallest absolute Gasteiger partial charge is 0.243 e. The van der Waals surface area contributed by atoms with E-state index >= 15 is 0 Å². The summed E-state index contributed by atoms with van der Waals surface area (Å²) in [7, 11) is -2.07. The number of rotatable bonds is 6. The van der Waals surface area contributed by atoms with Gasteiger partial charge in [0.15, 0.2) is 0 Å². The summed E-state index contributed by atoms with van der Waals surface area (Å²) in [5.74, 6) is 0.537. The molecule has 2 aromatic carbocycles. The quantitative estimate of drug-likeness (QED) is 0.577. The van der Waals surface area contributed by atoms with Gasteiger partial charge in [0.1, 0.15) is 5.75 Å². The molecule has 1 spiro atoms. The van der Waals surface area contributed by atoms with Crippen molar-refractivity contribution in [3.05, 3.63) is 54.1 Å². The van der Waals surface area contributed by atoms with E-state index in [1.165, 1.54) is 12.7 Å². The number of fused-ring (bicyclic) bond motifs is 1. The highest BCUT2D eigenvalue weighted by atomic mass is 32.2. The molecule has 2 amide bonds. The van der Waals surface area contributed by atoms with Crippen molar-refractivity contribution in [3.8, 4) is 5.75 Å². The monoisotopic (exact) mass is 525 g/mol. The molecule has 0 radical (unpaired) electrons. The summed E-state index contributed by atoms with van der Waals surface area (Å²) in [5.41, 5.74) is 2.11. The molecule has 2 aromatic rings. The lowest BCUT2D eigenvalue weighted by Gasteiger charge is -2.38. The molecule has 0 saturated carbocycles. The summed E-state index contributed by atoms with van der Waals surface area (Å²) >= 11 is 0. The first kappa shape index (κ1) is 25.7. The highest BCUT2D eigenvalue weighted by Gasteiger charge is 2.44. The Morgan fingerprint density at radius 2 is 1.65 bits per heavy atom. The molecule has 0 N–H and O–H groups in total. The standard InChI is InChI=1S/C28H35N3O5S/c1-36-23-8-4-9-24(20-23)37(34,35)30-18-14-28(15-19-30)13-17-29(21-28)26(32)11-12-27(33)31-16-5-7-22-6-2-3-10-25(22)31/h2-4,6,8-10,20H,5,7,11-19,21H2,1H3. The van der Waals surface area contributed by atoms with E-state index in [2.05, 4.69) is 6.07 Å². The van der Waals surface area contributed by atoms with Crippen molar-refractivity contribution >= 4 is 27.5 Å². The van der Waals surface area contributed by atoms with E-state index in [0.29, 0.717) is 38.5 Å². The Hall–Kier alpha value is -2.91. The Kier molecular flexibility index (Phi) is 7.27. The lowest BCUT2D eigenvalue weighted by atomic mass is 9.78. The second-order valence-electron chi connectivity index (χ2n) is 10.4. The topological polar surface area (TPSA) is 87.2 Å². The molecule has 0 aromatic heterocycles. The number of benzene rings is 2. The van der Waals surface area contributed by atoms with Crippen LogP contribution < -0.4 is 9.64 Å². The normalized spacial score (nSPS) is 19.6. The zero-order valence-electron chi connectivity index (χ0n) is 21.4. The number of ether oxygens (including phenoxy) is 1. The zero-order valence-corrected chi connectivity index (χ0v) is 22.2. The maximum Gasteiger partial charge on any atom is 0.243 e. The molecule has 0 unspecified atom stereocenters. The van der Waals surface area contributed by atoms with Crippen LogP contribution in [0.3, 0.4) is 0 Å². The minimum atomic E-state index is -3.59. The van der Waals surface area contributed by atoms with Crippen LogP contribution in [0.15, 0.2) is 53.4 Å². The average Bonchev–Trinajstić information content (AvgIpc) is 3.34. The van der Waals surface area contributed by atoms with Crippen molar-refractivity contribution < 1.29 is 22.7 Å². The van der Waals surface area contributed by atoms with Crippen molar-refractivity contribution in [2.45, 2.75) is 49.8 Å². The molecule has 0 aliphatic carbocycles.